The van der Waals surface area contributed by atoms with E-state index in [1.807, 2.05) is 0 Å². The second kappa shape index (κ2) is 11.1. The maximum Gasteiger partial charge on any atom is -0.0115 e. The third-order valence-electron chi connectivity index (χ3n) is 3.42. The Morgan fingerprint density at radius 3 is 1.52 bits per heavy atom. The SMILES string of the molecule is CCC/C=C/c1cccc(/C=C/CCC)c1/C=C/CCC. The van der Waals surface area contributed by atoms with Crippen LogP contribution in [0.1, 0.15) is 76.0 Å². The molecular formula is C21H30. The van der Waals surface area contributed by atoms with Gasteiger partial charge in [-0.2, -0.15) is 0 Å². The summed E-state index contributed by atoms with van der Waals surface area (Å²) in [5.41, 5.74) is 4.01. The van der Waals surface area contributed by atoms with Crippen molar-refractivity contribution in [1.82, 2.24) is 0 Å². The molecule has 0 unspecified atom stereocenters. The minimum Gasteiger partial charge on any atom is -0.0839 e. The summed E-state index contributed by atoms with van der Waals surface area (Å²) in [5.74, 6) is 0. The first-order valence-electron chi connectivity index (χ1n) is 8.46. The number of hydrogen-bond acceptors (Lipinski definition) is 0. The molecule has 114 valence electrons. The molecule has 0 heteroatoms. The van der Waals surface area contributed by atoms with Crippen LogP contribution in [-0.2, 0) is 0 Å². The van der Waals surface area contributed by atoms with E-state index in [0.29, 0.717) is 0 Å². The van der Waals surface area contributed by atoms with E-state index in [1.54, 1.807) is 0 Å². The molecule has 1 rings (SSSR count). The lowest BCUT2D eigenvalue weighted by molar-refractivity contribution is 0.961. The van der Waals surface area contributed by atoms with E-state index in [-0.39, 0.29) is 0 Å². The van der Waals surface area contributed by atoms with E-state index in [4.69, 9.17) is 0 Å². The molecule has 21 heavy (non-hydrogen) atoms. The van der Waals surface area contributed by atoms with E-state index in [1.165, 1.54) is 36.0 Å². The third-order valence-corrected chi connectivity index (χ3v) is 3.42. The zero-order valence-electron chi connectivity index (χ0n) is 13.9. The highest BCUT2D eigenvalue weighted by molar-refractivity contribution is 5.74. The van der Waals surface area contributed by atoms with Gasteiger partial charge < -0.3 is 0 Å². The zero-order chi connectivity index (χ0) is 15.3. The fraction of sp³-hybridized carbons (Fsp3) is 0.429. The standard InChI is InChI=1S/C21H30/c1-4-7-10-14-19-16-13-17-20(15-11-8-5-2)21(19)18-12-9-6-3/h10-18H,4-9H2,1-3H3/b14-10+,15-11+,18-12+. The van der Waals surface area contributed by atoms with Gasteiger partial charge in [0.1, 0.15) is 0 Å². The summed E-state index contributed by atoms with van der Waals surface area (Å²) in [6.45, 7) is 6.66. The van der Waals surface area contributed by atoms with Crippen molar-refractivity contribution in [2.45, 2.75) is 59.3 Å². The second-order valence-corrected chi connectivity index (χ2v) is 5.42. The lowest BCUT2D eigenvalue weighted by Gasteiger charge is -2.06. The van der Waals surface area contributed by atoms with Gasteiger partial charge in [0.15, 0.2) is 0 Å². The van der Waals surface area contributed by atoms with Crippen LogP contribution in [-0.4, -0.2) is 0 Å². The van der Waals surface area contributed by atoms with Crippen LogP contribution in [0.2, 0.25) is 0 Å². The molecule has 0 radical (unpaired) electrons. The van der Waals surface area contributed by atoms with E-state index in [9.17, 15) is 0 Å². The second-order valence-electron chi connectivity index (χ2n) is 5.42. The molecule has 0 aromatic heterocycles. The molecule has 1 aromatic carbocycles. The van der Waals surface area contributed by atoms with Crippen molar-refractivity contribution in [3.8, 4) is 0 Å². The minimum atomic E-state index is 1.14. The van der Waals surface area contributed by atoms with Gasteiger partial charge in [-0.05, 0) is 36.0 Å². The van der Waals surface area contributed by atoms with Gasteiger partial charge in [-0.3, -0.25) is 0 Å². The number of unbranched alkanes of at least 4 members (excludes halogenated alkanes) is 3. The summed E-state index contributed by atoms with van der Waals surface area (Å²) in [6.07, 6.45) is 20.7. The summed E-state index contributed by atoms with van der Waals surface area (Å²) in [5, 5.41) is 0. The van der Waals surface area contributed by atoms with Crippen LogP contribution in [0, 0.1) is 0 Å². The predicted molar refractivity (Wildman–Crippen MR) is 98.3 cm³/mol. The summed E-state index contributed by atoms with van der Waals surface area (Å²) in [4.78, 5) is 0. The maximum absolute atomic E-state index is 2.30. The summed E-state index contributed by atoms with van der Waals surface area (Å²) in [7, 11) is 0. The Balaban J connectivity index is 3.07. The number of rotatable bonds is 9. The number of benzene rings is 1. The molecule has 1 aromatic rings. The van der Waals surface area contributed by atoms with E-state index in [2.05, 4.69) is 75.4 Å². The molecule has 0 aliphatic rings. The third kappa shape index (κ3) is 6.62. The monoisotopic (exact) mass is 282 g/mol. The van der Waals surface area contributed by atoms with Gasteiger partial charge in [0.25, 0.3) is 0 Å². The molecule has 0 heterocycles. The Kier molecular flexibility index (Phi) is 9.28. The lowest BCUT2D eigenvalue weighted by atomic mass is 9.98. The van der Waals surface area contributed by atoms with E-state index < -0.39 is 0 Å². The van der Waals surface area contributed by atoms with Crippen molar-refractivity contribution in [3.05, 3.63) is 53.1 Å². The molecule has 0 aliphatic carbocycles. The van der Waals surface area contributed by atoms with E-state index >= 15 is 0 Å². The van der Waals surface area contributed by atoms with Crippen molar-refractivity contribution < 1.29 is 0 Å². The van der Waals surface area contributed by atoms with Crippen molar-refractivity contribution in [3.63, 3.8) is 0 Å². The Labute approximate surface area is 131 Å². The van der Waals surface area contributed by atoms with Crippen LogP contribution in [0.5, 0.6) is 0 Å². The van der Waals surface area contributed by atoms with Crippen LogP contribution < -0.4 is 0 Å². The highest BCUT2D eigenvalue weighted by Crippen LogP contribution is 2.21. The first-order valence-corrected chi connectivity index (χ1v) is 8.46. The quantitative estimate of drug-likeness (QED) is 0.452. The fourth-order valence-corrected chi connectivity index (χ4v) is 2.21. The van der Waals surface area contributed by atoms with E-state index in [0.717, 1.165) is 19.3 Å². The average Bonchev–Trinajstić information content (AvgIpc) is 2.50. The molecule has 0 bridgehead atoms. The van der Waals surface area contributed by atoms with Crippen LogP contribution in [0.15, 0.2) is 36.4 Å². The summed E-state index contributed by atoms with van der Waals surface area (Å²) < 4.78 is 0. The van der Waals surface area contributed by atoms with Crippen molar-refractivity contribution in [2.24, 2.45) is 0 Å². The highest BCUT2D eigenvalue weighted by Gasteiger charge is 2.01. The smallest absolute Gasteiger partial charge is 0.0115 e. The Morgan fingerprint density at radius 2 is 1.10 bits per heavy atom. The van der Waals surface area contributed by atoms with Crippen molar-refractivity contribution in [2.75, 3.05) is 0 Å². The molecule has 0 spiro atoms. The first-order chi connectivity index (χ1) is 10.3. The molecule has 0 atom stereocenters. The van der Waals surface area contributed by atoms with Gasteiger partial charge in [0, 0.05) is 0 Å². The Hall–Kier alpha value is -1.56. The molecule has 0 aliphatic heterocycles. The molecule has 0 N–H and O–H groups in total. The van der Waals surface area contributed by atoms with Gasteiger partial charge in [-0.15, -0.1) is 0 Å². The molecule has 0 saturated heterocycles. The summed E-state index contributed by atoms with van der Waals surface area (Å²) in [6, 6.07) is 6.60. The summed E-state index contributed by atoms with van der Waals surface area (Å²) >= 11 is 0. The minimum absolute atomic E-state index is 1.14. The predicted octanol–water partition coefficient (Wildman–Crippen LogP) is 7.13. The first kappa shape index (κ1) is 17.5. The molecule has 0 amide bonds. The van der Waals surface area contributed by atoms with Crippen molar-refractivity contribution >= 4 is 18.2 Å². The molecular weight excluding hydrogens is 252 g/mol. The van der Waals surface area contributed by atoms with Gasteiger partial charge in [0.05, 0.1) is 0 Å². The number of allylic oxidation sites excluding steroid dienone is 3. The molecule has 0 saturated carbocycles. The fourth-order valence-electron chi connectivity index (χ4n) is 2.21. The van der Waals surface area contributed by atoms with Gasteiger partial charge in [0.2, 0.25) is 0 Å². The maximum atomic E-state index is 2.30. The van der Waals surface area contributed by atoms with Crippen LogP contribution >= 0.6 is 0 Å². The average molecular weight is 282 g/mol. The topological polar surface area (TPSA) is 0 Å². The van der Waals surface area contributed by atoms with Crippen LogP contribution in [0.25, 0.3) is 18.2 Å². The largest absolute Gasteiger partial charge is 0.0839 e. The Bertz CT molecular complexity index is 441. The van der Waals surface area contributed by atoms with Crippen LogP contribution in [0.4, 0.5) is 0 Å². The Morgan fingerprint density at radius 1 is 0.667 bits per heavy atom. The van der Waals surface area contributed by atoms with Gasteiger partial charge in [-0.25, -0.2) is 0 Å². The van der Waals surface area contributed by atoms with Gasteiger partial charge >= 0.3 is 0 Å². The normalized spacial score (nSPS) is 12.1. The lowest BCUT2D eigenvalue weighted by Crippen LogP contribution is -1.86. The van der Waals surface area contributed by atoms with Crippen molar-refractivity contribution in [1.29, 1.82) is 0 Å². The van der Waals surface area contributed by atoms with Crippen LogP contribution in [0.3, 0.4) is 0 Å². The number of hydrogen-bond donors (Lipinski definition) is 0. The molecule has 0 fully saturated rings. The zero-order valence-corrected chi connectivity index (χ0v) is 13.9. The van der Waals surface area contributed by atoms with Gasteiger partial charge in [-0.1, -0.05) is 94.7 Å². The molecule has 0 nitrogen and oxygen atoms in total. The highest BCUT2D eigenvalue weighted by atomic mass is 14.1.